The summed E-state index contributed by atoms with van der Waals surface area (Å²) in [4.78, 5) is 71.5. The molecular weight excluding hydrogens is 781 g/mol. The Morgan fingerprint density at radius 2 is 1.34 bits per heavy atom. The Morgan fingerprint density at radius 3 is 1.95 bits per heavy atom. The van der Waals surface area contributed by atoms with Crippen molar-refractivity contribution in [3.8, 4) is 0 Å². The van der Waals surface area contributed by atoms with Crippen LogP contribution in [0.1, 0.15) is 91.9 Å². The summed E-state index contributed by atoms with van der Waals surface area (Å²) in [6.45, 7) is 9.99. The predicted molar refractivity (Wildman–Crippen MR) is 220 cm³/mol. The van der Waals surface area contributed by atoms with E-state index in [0.29, 0.717) is 37.4 Å². The average molecular weight is 851 g/mol. The van der Waals surface area contributed by atoms with Crippen LogP contribution in [0.3, 0.4) is 0 Å². The topological polar surface area (TPSA) is 330 Å². The molecule has 0 spiro atoms. The highest BCUT2D eigenvalue weighted by molar-refractivity contribution is 7.97. The van der Waals surface area contributed by atoms with E-state index in [4.69, 9.17) is 21.2 Å². The fourth-order valence-electron chi connectivity index (χ4n) is 5.95. The van der Waals surface area contributed by atoms with Crippen molar-refractivity contribution in [2.24, 2.45) is 27.6 Å². The van der Waals surface area contributed by atoms with Gasteiger partial charge < -0.3 is 62.6 Å². The third-order valence-electron chi connectivity index (χ3n) is 8.76. The van der Waals surface area contributed by atoms with Gasteiger partial charge in [-0.05, 0) is 76.9 Å². The number of ether oxygens (including phenoxy) is 2. The summed E-state index contributed by atoms with van der Waals surface area (Å²) in [6, 6.07) is -3.16. The molecule has 0 aliphatic rings. The molecule has 336 valence electrons. The monoisotopic (exact) mass is 850 g/mol. The summed E-state index contributed by atoms with van der Waals surface area (Å²) in [5.41, 5.74) is 2.07. The van der Waals surface area contributed by atoms with E-state index in [-0.39, 0.29) is 88.4 Å². The molecule has 22 heteroatoms. The first kappa shape index (κ1) is 54.2. The number of nitrogens with two attached hydrogens (primary N) is 2. The van der Waals surface area contributed by atoms with E-state index >= 15 is 0 Å². The quantitative estimate of drug-likeness (QED) is 0.00941. The number of aliphatic carboxylic acids is 3. The number of carboxylic acids is 3. The number of hydrazine groups is 1. The summed E-state index contributed by atoms with van der Waals surface area (Å²) in [7, 11) is 1.80. The summed E-state index contributed by atoms with van der Waals surface area (Å²) in [6.07, 6.45) is 3.43. The lowest BCUT2D eigenvalue weighted by Crippen LogP contribution is -2.45. The minimum atomic E-state index is -1.19. The van der Waals surface area contributed by atoms with Gasteiger partial charge in [0.1, 0.15) is 30.6 Å². The summed E-state index contributed by atoms with van der Waals surface area (Å²) in [5.74, 6) is 7.33. The number of amides is 3. The molecule has 0 bridgehead atoms. The summed E-state index contributed by atoms with van der Waals surface area (Å²) in [5, 5.41) is 45.6. The third-order valence-corrected chi connectivity index (χ3v) is 9.60. The van der Waals surface area contributed by atoms with Crippen LogP contribution in [-0.4, -0.2) is 140 Å². The van der Waals surface area contributed by atoms with E-state index in [9.17, 15) is 44.1 Å². The van der Waals surface area contributed by atoms with Gasteiger partial charge in [-0.15, -0.1) is 0 Å². The van der Waals surface area contributed by atoms with Gasteiger partial charge in [-0.1, -0.05) is 39.6 Å². The molecule has 0 aromatic rings. The Hall–Kier alpha value is -3.80. The summed E-state index contributed by atoms with van der Waals surface area (Å²) < 4.78 is 13.9. The Bertz CT molecular complexity index is 1280. The van der Waals surface area contributed by atoms with Crippen molar-refractivity contribution in [2.45, 2.75) is 110 Å². The number of carbonyl (C=O) groups is 6. The maximum atomic E-state index is 12.5. The second-order valence-electron chi connectivity index (χ2n) is 15.2. The van der Waals surface area contributed by atoms with Gasteiger partial charge in [0.2, 0.25) is 17.7 Å². The summed E-state index contributed by atoms with van der Waals surface area (Å²) >= 11 is 1.48. The van der Waals surface area contributed by atoms with Gasteiger partial charge in [-0.3, -0.25) is 23.9 Å². The van der Waals surface area contributed by atoms with Gasteiger partial charge in [0.05, 0.1) is 19.8 Å². The second kappa shape index (κ2) is 31.2. The van der Waals surface area contributed by atoms with Crippen molar-refractivity contribution < 1.29 is 53.6 Å². The molecule has 3 unspecified atom stereocenters. The number of amidine groups is 1. The Balaban J connectivity index is 4.26. The van der Waals surface area contributed by atoms with Crippen molar-refractivity contribution in [1.29, 1.82) is 0 Å². The highest BCUT2D eigenvalue weighted by Gasteiger charge is 2.33. The first-order valence-corrected chi connectivity index (χ1v) is 20.5. The van der Waals surface area contributed by atoms with Crippen LogP contribution in [0, 0.1) is 10.8 Å². The molecule has 0 radical (unpaired) electrons. The highest BCUT2D eigenvalue weighted by Crippen LogP contribution is 2.34. The van der Waals surface area contributed by atoms with Crippen LogP contribution >= 0.6 is 11.9 Å². The van der Waals surface area contributed by atoms with Crippen LogP contribution in [0.4, 0.5) is 0 Å². The molecular formula is C36H70N10O11S. The molecule has 0 aliphatic carbocycles. The first-order chi connectivity index (χ1) is 27.4. The zero-order chi connectivity index (χ0) is 44.0. The van der Waals surface area contributed by atoms with Gasteiger partial charge in [0.15, 0.2) is 0 Å². The standard InChI is InChI=1S/C36H70N10O11S/c1-35(2,23-36(3,4)34(45-37)46-38)24-42-58-21-9-12-29(48)43-27(33(54)55)11-8-16-40-25(31(50)51)13-14-28(47)41-17-18-56-19-20-57-22-30(49)44-26(32(52)53)10-6-7-15-39-5/h25-27,39-40,42H,6-24,37-38H2,1-5H3,(H,41,47)(H,43,48)(H,44,49)(H,45,46)(H,50,51)(H,52,53)(H,54,55). The molecule has 0 heterocycles. The molecule has 0 fully saturated rings. The average Bonchev–Trinajstić information content (AvgIpc) is 3.13. The lowest BCUT2D eigenvalue weighted by molar-refractivity contribution is -0.143. The van der Waals surface area contributed by atoms with E-state index in [1.54, 1.807) is 7.05 Å². The van der Waals surface area contributed by atoms with E-state index in [1.165, 1.54) is 11.9 Å². The predicted octanol–water partition coefficient (Wildman–Crippen LogP) is -0.537. The molecule has 0 aromatic carbocycles. The first-order valence-electron chi connectivity index (χ1n) is 19.6. The number of hydrogen-bond acceptors (Lipinski definition) is 15. The minimum Gasteiger partial charge on any atom is -0.480 e. The molecule has 0 aromatic heterocycles. The molecule has 0 saturated heterocycles. The zero-order valence-electron chi connectivity index (χ0n) is 34.8. The van der Waals surface area contributed by atoms with Gasteiger partial charge in [-0.2, -0.15) is 5.10 Å². The van der Waals surface area contributed by atoms with E-state index in [1.807, 2.05) is 13.8 Å². The van der Waals surface area contributed by atoms with Crippen LogP contribution in [0.2, 0.25) is 0 Å². The lowest BCUT2D eigenvalue weighted by Gasteiger charge is -2.35. The molecule has 3 atom stereocenters. The fourth-order valence-corrected chi connectivity index (χ4v) is 6.87. The van der Waals surface area contributed by atoms with Crippen molar-refractivity contribution in [3.05, 3.63) is 0 Å². The van der Waals surface area contributed by atoms with Crippen molar-refractivity contribution in [2.75, 3.05) is 65.4 Å². The van der Waals surface area contributed by atoms with Crippen molar-refractivity contribution >= 4 is 53.4 Å². The lowest BCUT2D eigenvalue weighted by atomic mass is 9.74. The maximum absolute atomic E-state index is 12.5. The van der Waals surface area contributed by atoms with Crippen molar-refractivity contribution in [3.63, 3.8) is 0 Å². The molecule has 3 amide bonds. The Labute approximate surface area is 346 Å². The Kier molecular flexibility index (Phi) is 29.1. The van der Waals surface area contributed by atoms with Crippen LogP contribution in [0.25, 0.3) is 0 Å². The van der Waals surface area contributed by atoms with Crippen LogP contribution in [-0.2, 0) is 38.2 Å². The van der Waals surface area contributed by atoms with E-state index in [0.717, 1.165) is 19.4 Å². The van der Waals surface area contributed by atoms with Crippen LogP contribution in [0.5, 0.6) is 0 Å². The number of unbranched alkanes of at least 4 members (excludes halogenated alkanes) is 1. The second-order valence-corrected chi connectivity index (χ2v) is 16.2. The Morgan fingerprint density at radius 1 is 0.724 bits per heavy atom. The maximum Gasteiger partial charge on any atom is 0.326 e. The highest BCUT2D eigenvalue weighted by atomic mass is 32.2. The van der Waals surface area contributed by atoms with Gasteiger partial charge in [0, 0.05) is 37.1 Å². The van der Waals surface area contributed by atoms with Gasteiger partial charge in [-0.25, -0.2) is 15.4 Å². The van der Waals surface area contributed by atoms with E-state index in [2.05, 4.69) is 55.7 Å². The molecule has 21 nitrogen and oxygen atoms in total. The largest absolute Gasteiger partial charge is 0.480 e. The van der Waals surface area contributed by atoms with Gasteiger partial charge >= 0.3 is 17.9 Å². The van der Waals surface area contributed by atoms with Crippen molar-refractivity contribution in [1.82, 2.24) is 36.7 Å². The molecule has 14 N–H and O–H groups in total. The molecule has 0 aliphatic heterocycles. The number of nitrogens with one attached hydrogen (secondary N) is 7. The van der Waals surface area contributed by atoms with Crippen LogP contribution < -0.4 is 48.4 Å². The number of nitrogens with zero attached hydrogens (tertiary/aromatic N) is 1. The number of hydrogen-bond donors (Lipinski definition) is 12. The SMILES string of the molecule is CNCCCCC(NC(=O)COCCOCCNC(=O)CCC(NCCCC(NC(=O)CCCSNCC(C)(C)CC(C)(C)/C(=N/N)NN)C(=O)O)C(=O)O)C(=O)O. The molecule has 0 saturated carbocycles. The number of carbonyl (C=O) groups excluding carboxylic acids is 3. The fraction of sp³-hybridized carbons (Fsp3) is 0.806. The van der Waals surface area contributed by atoms with E-state index < -0.39 is 47.8 Å². The van der Waals surface area contributed by atoms with Gasteiger partial charge in [0.25, 0.3) is 0 Å². The molecule has 0 rings (SSSR count). The smallest absolute Gasteiger partial charge is 0.326 e. The molecule has 58 heavy (non-hydrogen) atoms. The number of carboxylic acid groups (broad SMARTS) is 3. The zero-order valence-corrected chi connectivity index (χ0v) is 35.6. The normalized spacial score (nSPS) is 13.6. The minimum absolute atomic E-state index is 0.00609. The third kappa shape index (κ3) is 27.0. The van der Waals surface area contributed by atoms with Crippen LogP contribution in [0.15, 0.2) is 5.10 Å². The number of rotatable bonds is 36. The number of hydrazone groups is 1.